The van der Waals surface area contributed by atoms with E-state index in [0.29, 0.717) is 24.7 Å². The Morgan fingerprint density at radius 2 is 2.26 bits per heavy atom. The van der Waals surface area contributed by atoms with Crippen molar-refractivity contribution < 1.29 is 4.52 Å². The molecule has 0 bridgehead atoms. The maximum absolute atomic E-state index is 5.85. The van der Waals surface area contributed by atoms with Gasteiger partial charge in [0, 0.05) is 12.3 Å². The zero-order valence-electron chi connectivity index (χ0n) is 10.5. The van der Waals surface area contributed by atoms with Crippen molar-refractivity contribution in [3.05, 3.63) is 41.8 Å². The first kappa shape index (κ1) is 12.2. The monoisotopic (exact) mass is 276 g/mol. The molecule has 1 aromatic carbocycles. The Morgan fingerprint density at radius 1 is 1.37 bits per heavy atom. The quantitative estimate of drug-likeness (QED) is 0.687. The van der Waals surface area contributed by atoms with E-state index < -0.39 is 0 Å². The zero-order chi connectivity index (χ0) is 13.2. The molecule has 0 amide bonds. The zero-order valence-corrected chi connectivity index (χ0v) is 11.3. The number of aromatic nitrogens is 4. The summed E-state index contributed by atoms with van der Waals surface area (Å²) in [7, 11) is 0. The van der Waals surface area contributed by atoms with Crippen LogP contribution in [-0.2, 0) is 13.0 Å². The van der Waals surface area contributed by atoms with E-state index in [4.69, 9.17) is 16.1 Å². The van der Waals surface area contributed by atoms with Gasteiger partial charge in [0.1, 0.15) is 5.82 Å². The lowest BCUT2D eigenvalue weighted by molar-refractivity contribution is 0.408. The first-order valence-electron chi connectivity index (χ1n) is 6.05. The SMILES string of the molecule is Cc1cccc2c1nc(CCCl)n2Cc1ncon1. The van der Waals surface area contributed by atoms with Crippen LogP contribution in [0.15, 0.2) is 29.1 Å². The van der Waals surface area contributed by atoms with Gasteiger partial charge < -0.3 is 9.09 Å². The molecule has 5 nitrogen and oxygen atoms in total. The number of para-hydroxylation sites is 1. The highest BCUT2D eigenvalue weighted by Gasteiger charge is 2.13. The number of nitrogens with zero attached hydrogens (tertiary/aromatic N) is 4. The Morgan fingerprint density at radius 3 is 3.00 bits per heavy atom. The first-order valence-corrected chi connectivity index (χ1v) is 6.59. The second-order valence-electron chi connectivity index (χ2n) is 4.34. The van der Waals surface area contributed by atoms with Gasteiger partial charge in [0.25, 0.3) is 0 Å². The molecule has 0 aliphatic heterocycles. The minimum absolute atomic E-state index is 0.536. The maximum atomic E-state index is 5.85. The van der Waals surface area contributed by atoms with E-state index in [1.54, 1.807) is 0 Å². The summed E-state index contributed by atoms with van der Waals surface area (Å²) in [6.07, 6.45) is 2.05. The second-order valence-corrected chi connectivity index (χ2v) is 4.72. The van der Waals surface area contributed by atoms with Crippen LogP contribution >= 0.6 is 11.6 Å². The fourth-order valence-corrected chi connectivity index (χ4v) is 2.36. The molecular weight excluding hydrogens is 264 g/mol. The molecular formula is C13H13ClN4O. The van der Waals surface area contributed by atoms with E-state index in [1.807, 2.05) is 12.1 Å². The van der Waals surface area contributed by atoms with Crippen molar-refractivity contribution in [2.24, 2.45) is 0 Å². The minimum Gasteiger partial charge on any atom is -0.343 e. The van der Waals surface area contributed by atoms with Crippen LogP contribution in [-0.4, -0.2) is 25.6 Å². The number of imidazole rings is 1. The van der Waals surface area contributed by atoms with E-state index >= 15 is 0 Å². The normalized spacial score (nSPS) is 11.3. The van der Waals surface area contributed by atoms with Crippen molar-refractivity contribution in [1.29, 1.82) is 0 Å². The van der Waals surface area contributed by atoms with Gasteiger partial charge in [0.2, 0.25) is 6.39 Å². The number of alkyl halides is 1. The van der Waals surface area contributed by atoms with Crippen molar-refractivity contribution in [2.75, 3.05) is 5.88 Å². The van der Waals surface area contributed by atoms with Gasteiger partial charge in [-0.3, -0.25) is 0 Å². The average Bonchev–Trinajstić information content (AvgIpc) is 3.01. The van der Waals surface area contributed by atoms with Gasteiger partial charge in [0.05, 0.1) is 17.6 Å². The van der Waals surface area contributed by atoms with Crippen LogP contribution in [0, 0.1) is 6.92 Å². The predicted octanol–water partition coefficient (Wildman–Crippen LogP) is 2.56. The molecule has 2 aromatic heterocycles. The summed E-state index contributed by atoms with van der Waals surface area (Å²) in [6.45, 7) is 2.60. The standard InChI is InChI=1S/C13H13ClN4O/c1-9-3-2-4-10-13(9)16-12(5-6-14)18(10)7-11-15-8-19-17-11/h2-4,8H,5-7H2,1H3. The predicted molar refractivity (Wildman–Crippen MR) is 72.3 cm³/mol. The van der Waals surface area contributed by atoms with Crippen molar-refractivity contribution in [3.8, 4) is 0 Å². The molecule has 0 radical (unpaired) electrons. The fraction of sp³-hybridized carbons (Fsp3) is 0.308. The molecule has 0 spiro atoms. The van der Waals surface area contributed by atoms with Crippen LogP contribution in [0.5, 0.6) is 0 Å². The van der Waals surface area contributed by atoms with Crippen molar-refractivity contribution in [1.82, 2.24) is 19.7 Å². The Kier molecular flexibility index (Phi) is 3.21. The van der Waals surface area contributed by atoms with Gasteiger partial charge in [-0.05, 0) is 18.6 Å². The van der Waals surface area contributed by atoms with Crippen LogP contribution < -0.4 is 0 Å². The van der Waals surface area contributed by atoms with Gasteiger partial charge in [-0.25, -0.2) is 4.98 Å². The smallest absolute Gasteiger partial charge is 0.213 e. The van der Waals surface area contributed by atoms with Crippen LogP contribution in [0.2, 0.25) is 0 Å². The van der Waals surface area contributed by atoms with Crippen molar-refractivity contribution >= 4 is 22.6 Å². The summed E-state index contributed by atoms with van der Waals surface area (Å²) >= 11 is 5.85. The number of hydrogen-bond acceptors (Lipinski definition) is 4. The molecule has 0 saturated heterocycles. The molecule has 2 heterocycles. The van der Waals surface area contributed by atoms with Crippen LogP contribution in [0.3, 0.4) is 0 Å². The van der Waals surface area contributed by atoms with Crippen LogP contribution in [0.25, 0.3) is 11.0 Å². The first-order chi connectivity index (χ1) is 9.29. The summed E-state index contributed by atoms with van der Waals surface area (Å²) in [5, 5.41) is 3.85. The number of rotatable bonds is 4. The van der Waals surface area contributed by atoms with Crippen molar-refractivity contribution in [3.63, 3.8) is 0 Å². The lowest BCUT2D eigenvalue weighted by Gasteiger charge is -2.05. The van der Waals surface area contributed by atoms with Crippen molar-refractivity contribution in [2.45, 2.75) is 19.9 Å². The number of aryl methyl sites for hydroxylation is 2. The van der Waals surface area contributed by atoms with Gasteiger partial charge >= 0.3 is 0 Å². The second kappa shape index (κ2) is 5.01. The third kappa shape index (κ3) is 2.21. The summed E-state index contributed by atoms with van der Waals surface area (Å²) in [5.74, 6) is 2.12. The molecule has 0 aliphatic carbocycles. The van der Waals surface area contributed by atoms with Gasteiger partial charge in [0.15, 0.2) is 5.82 Å². The molecule has 0 N–H and O–H groups in total. The number of hydrogen-bond donors (Lipinski definition) is 0. The fourth-order valence-electron chi connectivity index (χ4n) is 2.19. The Bertz CT molecular complexity index is 690. The summed E-state index contributed by atoms with van der Waals surface area (Å²) in [6, 6.07) is 6.13. The molecule has 3 aromatic rings. The molecule has 0 atom stereocenters. The Balaban J connectivity index is 2.13. The number of halogens is 1. The van der Waals surface area contributed by atoms with E-state index in [0.717, 1.165) is 22.4 Å². The highest BCUT2D eigenvalue weighted by atomic mass is 35.5. The molecule has 0 aliphatic rings. The summed E-state index contributed by atoms with van der Waals surface area (Å²) in [4.78, 5) is 8.74. The van der Waals surface area contributed by atoms with Crippen LogP contribution in [0.1, 0.15) is 17.2 Å². The van der Waals surface area contributed by atoms with Gasteiger partial charge in [-0.1, -0.05) is 17.3 Å². The summed E-state index contributed by atoms with van der Waals surface area (Å²) < 4.78 is 6.87. The number of fused-ring (bicyclic) bond motifs is 1. The molecule has 98 valence electrons. The average molecular weight is 277 g/mol. The highest BCUT2D eigenvalue weighted by molar-refractivity contribution is 6.17. The Labute approximate surface area is 115 Å². The Hall–Kier alpha value is -1.88. The molecule has 6 heteroatoms. The van der Waals surface area contributed by atoms with Crippen LogP contribution in [0.4, 0.5) is 0 Å². The third-order valence-corrected chi connectivity index (χ3v) is 3.27. The van der Waals surface area contributed by atoms with E-state index in [2.05, 4.69) is 32.7 Å². The largest absolute Gasteiger partial charge is 0.343 e. The summed E-state index contributed by atoms with van der Waals surface area (Å²) in [5.41, 5.74) is 3.23. The minimum atomic E-state index is 0.536. The van der Waals surface area contributed by atoms with Gasteiger partial charge in [-0.15, -0.1) is 11.6 Å². The molecule has 0 saturated carbocycles. The molecule has 19 heavy (non-hydrogen) atoms. The lowest BCUT2D eigenvalue weighted by atomic mass is 10.2. The molecule has 3 rings (SSSR count). The maximum Gasteiger partial charge on any atom is 0.213 e. The van der Waals surface area contributed by atoms with Gasteiger partial charge in [-0.2, -0.15) is 4.98 Å². The van der Waals surface area contributed by atoms with E-state index in [1.165, 1.54) is 6.39 Å². The van der Waals surface area contributed by atoms with E-state index in [9.17, 15) is 0 Å². The molecule has 0 unspecified atom stereocenters. The van der Waals surface area contributed by atoms with E-state index in [-0.39, 0.29) is 0 Å². The topological polar surface area (TPSA) is 56.7 Å². The third-order valence-electron chi connectivity index (χ3n) is 3.08. The molecule has 0 fully saturated rings. The number of benzene rings is 1. The lowest BCUT2D eigenvalue weighted by Crippen LogP contribution is -2.07. The highest BCUT2D eigenvalue weighted by Crippen LogP contribution is 2.21.